The first kappa shape index (κ1) is 14.3. The first-order chi connectivity index (χ1) is 9.65. The van der Waals surface area contributed by atoms with Crippen molar-refractivity contribution in [3.63, 3.8) is 0 Å². The maximum absolute atomic E-state index is 13.9. The van der Waals surface area contributed by atoms with Crippen LogP contribution in [0.2, 0.25) is 5.02 Å². The summed E-state index contributed by atoms with van der Waals surface area (Å²) in [6.45, 7) is 0.0171. The van der Waals surface area contributed by atoms with Crippen LogP contribution in [0.5, 0.6) is 11.5 Å². The van der Waals surface area contributed by atoms with Gasteiger partial charge in [0.15, 0.2) is 11.6 Å². The van der Waals surface area contributed by atoms with E-state index in [1.807, 2.05) is 0 Å². The lowest BCUT2D eigenvalue weighted by molar-refractivity contribution is 0.112. The second-order valence-corrected chi connectivity index (χ2v) is 4.44. The predicted molar refractivity (Wildman–Crippen MR) is 74.1 cm³/mol. The molecule has 0 fully saturated rings. The molecule has 20 heavy (non-hydrogen) atoms. The van der Waals surface area contributed by atoms with E-state index in [0.717, 1.165) is 0 Å². The molecule has 0 bridgehead atoms. The lowest BCUT2D eigenvalue weighted by Gasteiger charge is -2.10. The number of benzene rings is 2. The molecule has 0 aromatic heterocycles. The number of rotatable bonds is 5. The molecule has 0 heterocycles. The molecule has 2 aromatic carbocycles. The summed E-state index contributed by atoms with van der Waals surface area (Å²) in [7, 11) is 1.40. The molecule has 0 aliphatic carbocycles. The Labute approximate surface area is 120 Å². The molecule has 0 radical (unpaired) electrons. The summed E-state index contributed by atoms with van der Waals surface area (Å²) >= 11 is 5.97. The maximum atomic E-state index is 13.9. The van der Waals surface area contributed by atoms with Gasteiger partial charge in [-0.1, -0.05) is 23.7 Å². The molecule has 0 aliphatic rings. The molecule has 0 unspecified atom stereocenters. The van der Waals surface area contributed by atoms with E-state index < -0.39 is 5.82 Å². The molecular weight excluding hydrogens is 283 g/mol. The van der Waals surface area contributed by atoms with Crippen LogP contribution in [0.3, 0.4) is 0 Å². The molecule has 3 nitrogen and oxygen atoms in total. The Balaban J connectivity index is 2.15. The Kier molecular flexibility index (Phi) is 4.58. The van der Waals surface area contributed by atoms with Crippen LogP contribution in [0.4, 0.5) is 4.39 Å². The monoisotopic (exact) mass is 294 g/mol. The van der Waals surface area contributed by atoms with Crippen LogP contribution in [0.25, 0.3) is 0 Å². The molecule has 0 amide bonds. The highest BCUT2D eigenvalue weighted by atomic mass is 35.5. The minimum atomic E-state index is -0.462. The summed E-state index contributed by atoms with van der Waals surface area (Å²) in [5.74, 6) is 0.0867. The topological polar surface area (TPSA) is 35.5 Å². The number of carbonyl (C=O) groups excluding carboxylic acids is 1. The number of methoxy groups -OCH3 is 1. The lowest BCUT2D eigenvalue weighted by Crippen LogP contribution is -2.01. The largest absolute Gasteiger partial charge is 0.494 e. The zero-order chi connectivity index (χ0) is 14.5. The number of aldehydes is 1. The molecule has 2 rings (SSSR count). The highest BCUT2D eigenvalue weighted by Crippen LogP contribution is 2.27. The smallest absolute Gasteiger partial charge is 0.171 e. The van der Waals surface area contributed by atoms with Crippen molar-refractivity contribution < 1.29 is 18.7 Å². The fraction of sp³-hybridized carbons (Fsp3) is 0.133. The second-order valence-electron chi connectivity index (χ2n) is 4.03. The maximum Gasteiger partial charge on any atom is 0.171 e. The summed E-state index contributed by atoms with van der Waals surface area (Å²) in [5.41, 5.74) is 0.815. The van der Waals surface area contributed by atoms with Gasteiger partial charge in [-0.05, 0) is 24.3 Å². The Morgan fingerprint density at radius 3 is 2.70 bits per heavy atom. The van der Waals surface area contributed by atoms with Gasteiger partial charge in [0, 0.05) is 11.1 Å². The molecule has 0 N–H and O–H groups in total. The lowest BCUT2D eigenvalue weighted by atomic mass is 10.2. The van der Waals surface area contributed by atoms with E-state index in [2.05, 4.69) is 0 Å². The Morgan fingerprint density at radius 2 is 2.05 bits per heavy atom. The summed E-state index contributed by atoms with van der Waals surface area (Å²) in [6.07, 6.45) is 0.692. The highest BCUT2D eigenvalue weighted by Gasteiger charge is 2.10. The number of hydrogen-bond acceptors (Lipinski definition) is 3. The molecular formula is C15H12ClFO3. The molecule has 0 spiro atoms. The molecule has 5 heteroatoms. The van der Waals surface area contributed by atoms with E-state index in [4.69, 9.17) is 21.1 Å². The Morgan fingerprint density at radius 1 is 1.25 bits per heavy atom. The van der Waals surface area contributed by atoms with Gasteiger partial charge in [-0.15, -0.1) is 0 Å². The van der Waals surface area contributed by atoms with Crippen LogP contribution in [0.15, 0.2) is 36.4 Å². The van der Waals surface area contributed by atoms with E-state index in [-0.39, 0.29) is 12.4 Å². The fourth-order valence-electron chi connectivity index (χ4n) is 1.69. The van der Waals surface area contributed by atoms with Crippen molar-refractivity contribution in [2.45, 2.75) is 6.61 Å². The third-order valence-corrected chi connectivity index (χ3v) is 3.03. The summed E-state index contributed by atoms with van der Waals surface area (Å²) in [5, 5.41) is 0.304. The Hall–Kier alpha value is -2.07. The van der Waals surface area contributed by atoms with Gasteiger partial charge in [-0.2, -0.15) is 0 Å². The van der Waals surface area contributed by atoms with E-state index in [9.17, 15) is 9.18 Å². The summed E-state index contributed by atoms with van der Waals surface area (Å²) in [4.78, 5) is 10.6. The zero-order valence-electron chi connectivity index (χ0n) is 10.7. The molecule has 2 aromatic rings. The van der Waals surface area contributed by atoms with Crippen LogP contribution >= 0.6 is 11.6 Å². The van der Waals surface area contributed by atoms with Gasteiger partial charge in [0.05, 0.1) is 12.1 Å². The van der Waals surface area contributed by atoms with Crippen LogP contribution < -0.4 is 9.47 Å². The summed E-state index contributed by atoms with van der Waals surface area (Å²) in [6, 6.07) is 9.46. The Bertz CT molecular complexity index is 629. The van der Waals surface area contributed by atoms with Crippen molar-refractivity contribution in [3.05, 3.63) is 58.4 Å². The van der Waals surface area contributed by atoms with Gasteiger partial charge in [0.25, 0.3) is 0 Å². The third kappa shape index (κ3) is 3.08. The average Bonchev–Trinajstić information content (AvgIpc) is 2.47. The van der Waals surface area contributed by atoms with Crippen molar-refractivity contribution in [1.29, 1.82) is 0 Å². The molecule has 0 saturated heterocycles. The van der Waals surface area contributed by atoms with Crippen LogP contribution in [-0.2, 0) is 6.61 Å². The number of carbonyl (C=O) groups is 1. The van der Waals surface area contributed by atoms with E-state index in [1.165, 1.54) is 19.2 Å². The number of halogens is 2. The quantitative estimate of drug-likeness (QED) is 0.785. The van der Waals surface area contributed by atoms with Gasteiger partial charge in [-0.25, -0.2) is 4.39 Å². The minimum Gasteiger partial charge on any atom is -0.494 e. The van der Waals surface area contributed by atoms with Crippen LogP contribution in [0, 0.1) is 5.82 Å². The first-order valence-electron chi connectivity index (χ1n) is 5.84. The normalized spacial score (nSPS) is 10.2. The van der Waals surface area contributed by atoms with Gasteiger partial charge in [0.2, 0.25) is 0 Å². The van der Waals surface area contributed by atoms with Gasteiger partial charge < -0.3 is 9.47 Å². The number of hydrogen-bond donors (Lipinski definition) is 0. The third-order valence-electron chi connectivity index (χ3n) is 2.74. The molecule has 104 valence electrons. The fourth-order valence-corrected chi connectivity index (χ4v) is 1.93. The number of ether oxygens (including phenoxy) is 2. The highest BCUT2D eigenvalue weighted by molar-refractivity contribution is 6.32. The standard InChI is InChI=1S/C15H12ClFO3/c1-19-14-4-2-3-11(15(14)17)9-20-13-6-5-10(8-18)7-12(13)16/h2-8H,9H2,1H3. The molecule has 0 saturated carbocycles. The van der Waals surface area contributed by atoms with Crippen molar-refractivity contribution in [2.24, 2.45) is 0 Å². The van der Waals surface area contributed by atoms with E-state index >= 15 is 0 Å². The van der Waals surface area contributed by atoms with Crippen molar-refractivity contribution >= 4 is 17.9 Å². The van der Waals surface area contributed by atoms with E-state index in [1.54, 1.807) is 24.3 Å². The average molecular weight is 295 g/mol. The van der Waals surface area contributed by atoms with Crippen LogP contribution in [-0.4, -0.2) is 13.4 Å². The first-order valence-corrected chi connectivity index (χ1v) is 6.22. The zero-order valence-corrected chi connectivity index (χ0v) is 11.5. The van der Waals surface area contributed by atoms with Crippen LogP contribution in [0.1, 0.15) is 15.9 Å². The predicted octanol–water partition coefficient (Wildman–Crippen LogP) is 3.88. The molecule has 0 aliphatic heterocycles. The van der Waals surface area contributed by atoms with Gasteiger partial charge >= 0.3 is 0 Å². The molecule has 0 atom stereocenters. The van der Waals surface area contributed by atoms with E-state index in [0.29, 0.717) is 28.2 Å². The van der Waals surface area contributed by atoms with Gasteiger partial charge in [-0.3, -0.25) is 4.79 Å². The van der Waals surface area contributed by atoms with Crippen molar-refractivity contribution in [1.82, 2.24) is 0 Å². The van der Waals surface area contributed by atoms with Crippen molar-refractivity contribution in [3.8, 4) is 11.5 Å². The van der Waals surface area contributed by atoms with Crippen molar-refractivity contribution in [2.75, 3.05) is 7.11 Å². The summed E-state index contributed by atoms with van der Waals surface area (Å²) < 4.78 is 24.3. The van der Waals surface area contributed by atoms with Gasteiger partial charge in [0.1, 0.15) is 18.6 Å². The minimum absolute atomic E-state index is 0.0171. The SMILES string of the molecule is COc1cccc(COc2ccc(C=O)cc2Cl)c1F. The second kappa shape index (κ2) is 6.39.